The number of carbonyl (C=O) groups excluding carboxylic acids is 1. The van der Waals surface area contributed by atoms with E-state index in [2.05, 4.69) is 15.2 Å². The first-order valence-electron chi connectivity index (χ1n) is 6.03. The Hall–Kier alpha value is -3.47. The molecule has 0 aliphatic rings. The van der Waals surface area contributed by atoms with Crippen LogP contribution >= 0.6 is 0 Å². The van der Waals surface area contributed by atoms with E-state index in [4.69, 9.17) is 5.26 Å². The van der Waals surface area contributed by atoms with Crippen LogP contribution in [0.25, 0.3) is 0 Å². The summed E-state index contributed by atoms with van der Waals surface area (Å²) in [7, 11) is 0. The molecule has 2 rings (SSSR count). The van der Waals surface area contributed by atoms with Crippen molar-refractivity contribution in [1.82, 2.24) is 4.98 Å². The summed E-state index contributed by atoms with van der Waals surface area (Å²) in [5, 5.41) is 36.5. The van der Waals surface area contributed by atoms with Gasteiger partial charge in [-0.1, -0.05) is 12.1 Å². The van der Waals surface area contributed by atoms with Gasteiger partial charge in [-0.3, -0.25) is 9.78 Å². The standard InChI is InChI=1S/C14H10N4O4/c1-7-10(6-15)12(19)16-13(20)11(7)18-17-9-4-2-8(3-5-9)14(21)22/h2-5H,1H3,(H,21,22)(H2,16,19,20)/p-1. The number of carboxylic acid groups (broad SMARTS) is 1. The van der Waals surface area contributed by atoms with Gasteiger partial charge in [0.1, 0.15) is 11.6 Å². The van der Waals surface area contributed by atoms with E-state index in [1.54, 1.807) is 6.07 Å². The Morgan fingerprint density at radius 3 is 2.50 bits per heavy atom. The van der Waals surface area contributed by atoms with Gasteiger partial charge in [0.2, 0.25) is 5.88 Å². The summed E-state index contributed by atoms with van der Waals surface area (Å²) in [6, 6.07) is 7.12. The van der Waals surface area contributed by atoms with E-state index < -0.39 is 17.4 Å². The van der Waals surface area contributed by atoms with Gasteiger partial charge in [-0.25, -0.2) is 0 Å². The number of azo groups is 1. The number of nitriles is 1. The Kier molecular flexibility index (Phi) is 3.99. The molecule has 0 unspecified atom stereocenters. The molecule has 0 saturated heterocycles. The lowest BCUT2D eigenvalue weighted by Gasteiger charge is -2.03. The Labute approximate surface area is 124 Å². The quantitative estimate of drug-likeness (QED) is 0.814. The lowest BCUT2D eigenvalue weighted by molar-refractivity contribution is -0.255. The number of benzene rings is 1. The number of hydrogen-bond donors (Lipinski definition) is 2. The monoisotopic (exact) mass is 297 g/mol. The van der Waals surface area contributed by atoms with Gasteiger partial charge < -0.3 is 15.0 Å². The molecular weight excluding hydrogens is 288 g/mol. The van der Waals surface area contributed by atoms with Gasteiger partial charge in [0.25, 0.3) is 5.56 Å². The Morgan fingerprint density at radius 1 is 1.32 bits per heavy atom. The van der Waals surface area contributed by atoms with Gasteiger partial charge in [0, 0.05) is 5.56 Å². The number of nitrogens with one attached hydrogen (secondary N) is 1. The third kappa shape index (κ3) is 2.83. The van der Waals surface area contributed by atoms with E-state index in [0.717, 1.165) is 0 Å². The van der Waals surface area contributed by atoms with E-state index in [-0.39, 0.29) is 22.4 Å². The van der Waals surface area contributed by atoms with Crippen molar-refractivity contribution in [1.29, 1.82) is 5.26 Å². The second-order valence-electron chi connectivity index (χ2n) is 4.30. The van der Waals surface area contributed by atoms with Gasteiger partial charge in [0.05, 0.1) is 11.7 Å². The van der Waals surface area contributed by atoms with Crippen molar-refractivity contribution in [3.63, 3.8) is 0 Å². The van der Waals surface area contributed by atoms with Crippen molar-refractivity contribution in [2.45, 2.75) is 6.92 Å². The molecule has 22 heavy (non-hydrogen) atoms. The van der Waals surface area contributed by atoms with Crippen LogP contribution in [-0.2, 0) is 0 Å². The zero-order chi connectivity index (χ0) is 16.3. The summed E-state index contributed by atoms with van der Waals surface area (Å²) >= 11 is 0. The van der Waals surface area contributed by atoms with E-state index in [0.29, 0.717) is 5.69 Å². The first-order valence-corrected chi connectivity index (χ1v) is 6.03. The second-order valence-corrected chi connectivity index (χ2v) is 4.30. The first-order chi connectivity index (χ1) is 10.4. The van der Waals surface area contributed by atoms with Gasteiger partial charge >= 0.3 is 0 Å². The maximum Gasteiger partial charge on any atom is 0.278 e. The zero-order valence-corrected chi connectivity index (χ0v) is 11.3. The smallest absolute Gasteiger partial charge is 0.278 e. The predicted molar refractivity (Wildman–Crippen MR) is 73.1 cm³/mol. The molecule has 0 aliphatic carbocycles. The van der Waals surface area contributed by atoms with Gasteiger partial charge in [-0.05, 0) is 24.6 Å². The lowest BCUT2D eigenvalue weighted by atomic mass is 10.1. The number of aromatic amines is 1. The largest absolute Gasteiger partial charge is 0.545 e. The molecule has 8 nitrogen and oxygen atoms in total. The zero-order valence-electron chi connectivity index (χ0n) is 11.3. The maximum atomic E-state index is 11.7. The molecule has 8 heteroatoms. The number of aromatic carboxylic acids is 1. The number of pyridine rings is 1. The van der Waals surface area contributed by atoms with E-state index in [1.807, 2.05) is 0 Å². The van der Waals surface area contributed by atoms with Crippen LogP contribution in [0.1, 0.15) is 21.5 Å². The maximum absolute atomic E-state index is 11.7. The fourth-order valence-corrected chi connectivity index (χ4v) is 1.72. The van der Waals surface area contributed by atoms with Crippen molar-refractivity contribution < 1.29 is 15.0 Å². The molecule has 1 aromatic heterocycles. The predicted octanol–water partition coefficient (Wildman–Crippen LogP) is 1.04. The SMILES string of the molecule is Cc1c(C#N)c(O)[nH]c(=O)c1N=Nc1ccc(C(=O)[O-])cc1. The molecule has 0 amide bonds. The van der Waals surface area contributed by atoms with Gasteiger partial charge in [0.15, 0.2) is 5.69 Å². The van der Waals surface area contributed by atoms with Crippen molar-refractivity contribution >= 4 is 17.3 Å². The Balaban J connectivity index is 2.41. The van der Waals surface area contributed by atoms with Crippen LogP contribution in [0.3, 0.4) is 0 Å². The first kappa shape index (κ1) is 14.9. The average molecular weight is 297 g/mol. The Bertz CT molecular complexity index is 860. The van der Waals surface area contributed by atoms with Crippen LogP contribution in [0.2, 0.25) is 0 Å². The van der Waals surface area contributed by atoms with E-state index in [1.165, 1.54) is 31.2 Å². The van der Waals surface area contributed by atoms with Crippen molar-refractivity contribution in [3.05, 3.63) is 51.3 Å². The number of nitrogens with zero attached hydrogens (tertiary/aromatic N) is 3. The molecule has 2 N–H and O–H groups in total. The number of aromatic nitrogens is 1. The summed E-state index contributed by atoms with van der Waals surface area (Å²) in [5.41, 5.74) is -0.401. The molecule has 1 aromatic carbocycles. The number of carboxylic acids is 1. The summed E-state index contributed by atoms with van der Waals surface area (Å²) in [5.74, 6) is -1.84. The Morgan fingerprint density at radius 2 is 1.95 bits per heavy atom. The minimum absolute atomic E-state index is 0.00984. The molecule has 0 radical (unpaired) electrons. The van der Waals surface area contributed by atoms with Crippen LogP contribution < -0.4 is 10.7 Å². The molecule has 0 saturated carbocycles. The van der Waals surface area contributed by atoms with Crippen molar-refractivity contribution in [3.8, 4) is 11.9 Å². The molecule has 0 aliphatic heterocycles. The minimum atomic E-state index is -1.31. The molecule has 0 bridgehead atoms. The molecular formula is C14H9N4O4-. The summed E-state index contributed by atoms with van der Waals surface area (Å²) in [4.78, 5) is 24.4. The van der Waals surface area contributed by atoms with Crippen molar-refractivity contribution in [2.24, 2.45) is 10.2 Å². The van der Waals surface area contributed by atoms with Crippen LogP contribution in [0.5, 0.6) is 5.88 Å². The highest BCUT2D eigenvalue weighted by atomic mass is 16.4. The minimum Gasteiger partial charge on any atom is -0.545 e. The third-order valence-corrected chi connectivity index (χ3v) is 2.89. The average Bonchev–Trinajstić information content (AvgIpc) is 2.47. The fourth-order valence-electron chi connectivity index (χ4n) is 1.72. The summed E-state index contributed by atoms with van der Waals surface area (Å²) < 4.78 is 0. The highest BCUT2D eigenvalue weighted by Crippen LogP contribution is 2.24. The highest BCUT2D eigenvalue weighted by molar-refractivity contribution is 5.86. The lowest BCUT2D eigenvalue weighted by Crippen LogP contribution is -2.21. The number of carbonyl (C=O) groups is 1. The topological polar surface area (TPSA) is 142 Å². The van der Waals surface area contributed by atoms with Gasteiger partial charge in [-0.15, -0.1) is 5.11 Å². The highest BCUT2D eigenvalue weighted by Gasteiger charge is 2.13. The van der Waals surface area contributed by atoms with Gasteiger partial charge in [-0.2, -0.15) is 10.4 Å². The van der Waals surface area contributed by atoms with E-state index >= 15 is 0 Å². The molecule has 2 aromatic rings. The van der Waals surface area contributed by atoms with Crippen LogP contribution in [0.4, 0.5) is 11.4 Å². The second kappa shape index (κ2) is 5.88. The van der Waals surface area contributed by atoms with Crippen LogP contribution in [0, 0.1) is 18.3 Å². The van der Waals surface area contributed by atoms with Crippen LogP contribution in [-0.4, -0.2) is 16.1 Å². The van der Waals surface area contributed by atoms with Crippen molar-refractivity contribution in [2.75, 3.05) is 0 Å². The normalized spacial score (nSPS) is 10.5. The molecule has 0 atom stereocenters. The number of aromatic hydroxyl groups is 1. The summed E-state index contributed by atoms with van der Waals surface area (Å²) in [6.07, 6.45) is 0. The van der Waals surface area contributed by atoms with Crippen LogP contribution in [0.15, 0.2) is 39.3 Å². The van der Waals surface area contributed by atoms with E-state index in [9.17, 15) is 19.8 Å². The molecule has 0 fully saturated rings. The molecule has 1 heterocycles. The third-order valence-electron chi connectivity index (χ3n) is 2.89. The number of hydrogen-bond acceptors (Lipinski definition) is 7. The fraction of sp³-hybridized carbons (Fsp3) is 0.0714. The molecule has 0 spiro atoms. The summed E-state index contributed by atoms with van der Waals surface area (Å²) in [6.45, 7) is 1.46. The number of rotatable bonds is 3. The molecule has 110 valence electrons. The number of H-pyrrole nitrogens is 1.